The predicted octanol–water partition coefficient (Wildman–Crippen LogP) is 3.39. The number of anilines is 1. The standard InChI is InChI=1S/C11H14ClN3S/c1-3-13-11-14-8(2)6-15(11)7-9-4-5-10(12)16-9/h4-6H,3,7H2,1-2H3,(H,13,14). The Kier molecular flexibility index (Phi) is 3.51. The summed E-state index contributed by atoms with van der Waals surface area (Å²) in [5, 5.41) is 3.25. The van der Waals surface area contributed by atoms with Crippen LogP contribution in [-0.4, -0.2) is 16.1 Å². The second kappa shape index (κ2) is 4.89. The Bertz CT molecular complexity index is 475. The van der Waals surface area contributed by atoms with Gasteiger partial charge < -0.3 is 9.88 Å². The van der Waals surface area contributed by atoms with Gasteiger partial charge in [-0.3, -0.25) is 0 Å². The zero-order valence-corrected chi connectivity index (χ0v) is 10.9. The first-order valence-electron chi connectivity index (χ1n) is 5.21. The maximum absolute atomic E-state index is 5.91. The summed E-state index contributed by atoms with van der Waals surface area (Å²) in [4.78, 5) is 5.66. The molecule has 2 aromatic heterocycles. The van der Waals surface area contributed by atoms with Crippen LogP contribution in [-0.2, 0) is 6.54 Å². The molecule has 0 radical (unpaired) electrons. The van der Waals surface area contributed by atoms with Crippen molar-refractivity contribution in [1.82, 2.24) is 9.55 Å². The summed E-state index contributed by atoms with van der Waals surface area (Å²) in [6.07, 6.45) is 2.05. The van der Waals surface area contributed by atoms with Crippen LogP contribution in [0, 0.1) is 6.92 Å². The first kappa shape index (κ1) is 11.5. The zero-order valence-electron chi connectivity index (χ0n) is 9.33. The summed E-state index contributed by atoms with van der Waals surface area (Å²) in [7, 11) is 0. The molecule has 16 heavy (non-hydrogen) atoms. The summed E-state index contributed by atoms with van der Waals surface area (Å²) in [6, 6.07) is 3.98. The summed E-state index contributed by atoms with van der Waals surface area (Å²) in [6.45, 7) is 5.76. The van der Waals surface area contributed by atoms with Crippen molar-refractivity contribution < 1.29 is 0 Å². The largest absolute Gasteiger partial charge is 0.356 e. The van der Waals surface area contributed by atoms with Crippen LogP contribution in [0.1, 0.15) is 17.5 Å². The number of hydrogen-bond donors (Lipinski definition) is 1. The number of aryl methyl sites for hydroxylation is 1. The van der Waals surface area contributed by atoms with Gasteiger partial charge in [0.15, 0.2) is 0 Å². The molecular weight excluding hydrogens is 242 g/mol. The van der Waals surface area contributed by atoms with Crippen LogP contribution in [0.3, 0.4) is 0 Å². The van der Waals surface area contributed by atoms with Gasteiger partial charge in [-0.15, -0.1) is 11.3 Å². The highest BCUT2D eigenvalue weighted by atomic mass is 35.5. The van der Waals surface area contributed by atoms with Gasteiger partial charge in [0.1, 0.15) is 0 Å². The van der Waals surface area contributed by atoms with Crippen LogP contribution in [0.4, 0.5) is 5.95 Å². The summed E-state index contributed by atoms with van der Waals surface area (Å²) in [5.41, 5.74) is 1.03. The quantitative estimate of drug-likeness (QED) is 0.908. The molecule has 0 aliphatic carbocycles. The van der Waals surface area contributed by atoms with Crippen LogP contribution in [0.25, 0.3) is 0 Å². The lowest BCUT2D eigenvalue weighted by molar-refractivity contribution is 0.811. The molecule has 0 saturated heterocycles. The number of nitrogens with one attached hydrogen (secondary N) is 1. The van der Waals surface area contributed by atoms with E-state index in [0.717, 1.165) is 29.1 Å². The SMILES string of the molecule is CCNc1nc(C)cn1Cc1ccc(Cl)s1. The van der Waals surface area contributed by atoms with Crippen molar-refractivity contribution in [3.05, 3.63) is 33.2 Å². The topological polar surface area (TPSA) is 29.9 Å². The molecule has 86 valence electrons. The molecule has 3 nitrogen and oxygen atoms in total. The van der Waals surface area contributed by atoms with Gasteiger partial charge in [-0.2, -0.15) is 0 Å². The summed E-state index contributed by atoms with van der Waals surface area (Å²) < 4.78 is 2.94. The Morgan fingerprint density at radius 1 is 1.50 bits per heavy atom. The molecule has 0 aliphatic rings. The molecule has 2 aromatic rings. The maximum atomic E-state index is 5.91. The van der Waals surface area contributed by atoms with Crippen molar-refractivity contribution >= 4 is 28.9 Å². The first-order valence-corrected chi connectivity index (χ1v) is 6.40. The lowest BCUT2D eigenvalue weighted by Gasteiger charge is -2.06. The van der Waals surface area contributed by atoms with Crippen LogP contribution in [0.5, 0.6) is 0 Å². The number of imidazole rings is 1. The monoisotopic (exact) mass is 255 g/mol. The Balaban J connectivity index is 2.19. The van der Waals surface area contributed by atoms with E-state index in [2.05, 4.69) is 27.9 Å². The molecule has 0 aliphatic heterocycles. The highest BCUT2D eigenvalue weighted by molar-refractivity contribution is 7.16. The highest BCUT2D eigenvalue weighted by Gasteiger charge is 2.06. The van der Waals surface area contributed by atoms with E-state index in [1.165, 1.54) is 4.88 Å². The van der Waals surface area contributed by atoms with Crippen LogP contribution >= 0.6 is 22.9 Å². The fourth-order valence-corrected chi connectivity index (χ4v) is 2.66. The number of aromatic nitrogens is 2. The van der Waals surface area contributed by atoms with Gasteiger partial charge >= 0.3 is 0 Å². The fraction of sp³-hybridized carbons (Fsp3) is 0.364. The minimum absolute atomic E-state index is 0.820. The van der Waals surface area contributed by atoms with E-state index in [1.807, 2.05) is 19.2 Å². The molecule has 0 spiro atoms. The number of nitrogens with zero attached hydrogens (tertiary/aromatic N) is 2. The lowest BCUT2D eigenvalue weighted by Crippen LogP contribution is -2.06. The summed E-state index contributed by atoms with van der Waals surface area (Å²) in [5.74, 6) is 0.921. The van der Waals surface area contributed by atoms with Gasteiger partial charge in [-0.1, -0.05) is 11.6 Å². The van der Waals surface area contributed by atoms with Gasteiger partial charge in [0.05, 0.1) is 16.6 Å². The molecular formula is C11H14ClN3S. The van der Waals surface area contributed by atoms with Crippen molar-refractivity contribution in [2.45, 2.75) is 20.4 Å². The van der Waals surface area contributed by atoms with Gasteiger partial charge in [0.2, 0.25) is 5.95 Å². The zero-order chi connectivity index (χ0) is 11.5. The average Bonchev–Trinajstić information content (AvgIpc) is 2.76. The van der Waals surface area contributed by atoms with Crippen molar-refractivity contribution in [2.75, 3.05) is 11.9 Å². The van der Waals surface area contributed by atoms with E-state index in [-0.39, 0.29) is 0 Å². The average molecular weight is 256 g/mol. The molecule has 1 N–H and O–H groups in total. The number of thiophene rings is 1. The molecule has 2 heterocycles. The van der Waals surface area contributed by atoms with Gasteiger partial charge in [0.25, 0.3) is 0 Å². The van der Waals surface area contributed by atoms with Gasteiger partial charge in [-0.05, 0) is 26.0 Å². The Morgan fingerprint density at radius 2 is 2.31 bits per heavy atom. The van der Waals surface area contributed by atoms with E-state index >= 15 is 0 Å². The maximum Gasteiger partial charge on any atom is 0.203 e. The third kappa shape index (κ3) is 2.57. The van der Waals surface area contributed by atoms with Gasteiger partial charge in [-0.25, -0.2) is 4.98 Å². The van der Waals surface area contributed by atoms with E-state index < -0.39 is 0 Å². The third-order valence-electron chi connectivity index (χ3n) is 2.19. The molecule has 0 bridgehead atoms. The minimum atomic E-state index is 0.820. The van der Waals surface area contributed by atoms with E-state index in [0.29, 0.717) is 0 Å². The Labute approximate surface area is 104 Å². The number of hydrogen-bond acceptors (Lipinski definition) is 3. The fourth-order valence-electron chi connectivity index (χ4n) is 1.57. The van der Waals surface area contributed by atoms with Crippen molar-refractivity contribution in [3.63, 3.8) is 0 Å². The van der Waals surface area contributed by atoms with E-state index in [4.69, 9.17) is 11.6 Å². The normalized spacial score (nSPS) is 10.7. The third-order valence-corrected chi connectivity index (χ3v) is 3.40. The Hall–Kier alpha value is -1.000. The number of halogens is 1. The second-order valence-electron chi connectivity index (χ2n) is 3.57. The smallest absolute Gasteiger partial charge is 0.203 e. The highest BCUT2D eigenvalue weighted by Crippen LogP contribution is 2.23. The molecule has 0 atom stereocenters. The molecule has 2 rings (SSSR count). The minimum Gasteiger partial charge on any atom is -0.356 e. The Morgan fingerprint density at radius 3 is 2.94 bits per heavy atom. The second-order valence-corrected chi connectivity index (χ2v) is 5.37. The molecule has 0 aromatic carbocycles. The predicted molar refractivity (Wildman–Crippen MR) is 69.6 cm³/mol. The molecule has 0 unspecified atom stereocenters. The first-order chi connectivity index (χ1) is 7.69. The molecule has 0 fully saturated rings. The van der Waals surface area contributed by atoms with Crippen molar-refractivity contribution in [2.24, 2.45) is 0 Å². The van der Waals surface area contributed by atoms with E-state index in [9.17, 15) is 0 Å². The molecule has 5 heteroatoms. The molecule has 0 saturated carbocycles. The van der Waals surface area contributed by atoms with Crippen LogP contribution in [0.15, 0.2) is 18.3 Å². The summed E-state index contributed by atoms with van der Waals surface area (Å²) >= 11 is 7.52. The van der Waals surface area contributed by atoms with Crippen molar-refractivity contribution in [3.8, 4) is 0 Å². The van der Waals surface area contributed by atoms with E-state index in [1.54, 1.807) is 11.3 Å². The van der Waals surface area contributed by atoms with Crippen LogP contribution < -0.4 is 5.32 Å². The lowest BCUT2D eigenvalue weighted by atomic mass is 10.4. The van der Waals surface area contributed by atoms with Crippen LogP contribution in [0.2, 0.25) is 4.34 Å². The van der Waals surface area contributed by atoms with Crippen molar-refractivity contribution in [1.29, 1.82) is 0 Å². The van der Waals surface area contributed by atoms with Gasteiger partial charge in [0, 0.05) is 17.6 Å². The number of rotatable bonds is 4. The molecule has 0 amide bonds.